The van der Waals surface area contributed by atoms with Crippen molar-refractivity contribution >= 4 is 23.3 Å². The maximum atomic E-state index is 12.7. The second-order valence-electron chi connectivity index (χ2n) is 7.01. The molecule has 0 unspecified atom stereocenters. The predicted octanol–water partition coefficient (Wildman–Crippen LogP) is 1.71. The first-order chi connectivity index (χ1) is 13.2. The Morgan fingerprint density at radius 2 is 2.11 bits per heavy atom. The molecule has 1 aromatic heterocycles. The highest BCUT2D eigenvalue weighted by Crippen LogP contribution is 2.35. The van der Waals surface area contributed by atoms with E-state index in [-0.39, 0.29) is 25.0 Å². The van der Waals surface area contributed by atoms with E-state index in [1.54, 1.807) is 11.0 Å². The molecular weight excluding hydrogens is 344 g/mol. The van der Waals surface area contributed by atoms with Gasteiger partial charge in [0.05, 0.1) is 30.4 Å². The highest BCUT2D eigenvalue weighted by Gasteiger charge is 2.32. The van der Waals surface area contributed by atoms with Crippen LogP contribution in [0.25, 0.3) is 0 Å². The molecule has 1 aliphatic heterocycles. The molecule has 2 aromatic rings. The van der Waals surface area contributed by atoms with Crippen molar-refractivity contribution in [3.8, 4) is 0 Å². The Balaban J connectivity index is 1.56. The molecule has 2 aliphatic rings. The van der Waals surface area contributed by atoms with Crippen LogP contribution < -0.4 is 15.5 Å². The number of pyridine rings is 1. The van der Waals surface area contributed by atoms with Crippen molar-refractivity contribution in [2.24, 2.45) is 5.92 Å². The number of nitrogens with zero attached hydrogens (tertiary/aromatic N) is 2. The van der Waals surface area contributed by atoms with Gasteiger partial charge in [0, 0.05) is 12.7 Å². The first-order valence-corrected chi connectivity index (χ1v) is 9.16. The highest BCUT2D eigenvalue weighted by molar-refractivity contribution is 6.04. The third kappa shape index (κ3) is 3.78. The van der Waals surface area contributed by atoms with Gasteiger partial charge in [0.2, 0.25) is 5.91 Å². The Kier molecular flexibility index (Phi) is 4.77. The Morgan fingerprint density at radius 1 is 1.33 bits per heavy atom. The number of hydrogen-bond acceptors (Lipinski definition) is 5. The summed E-state index contributed by atoms with van der Waals surface area (Å²) >= 11 is 0. The minimum absolute atomic E-state index is 0.00808. The number of amides is 2. The van der Waals surface area contributed by atoms with Crippen LogP contribution in [-0.2, 0) is 4.79 Å². The molecule has 0 spiro atoms. The van der Waals surface area contributed by atoms with E-state index in [4.69, 9.17) is 0 Å². The second kappa shape index (κ2) is 7.36. The number of fused-ring (bicyclic) bond motifs is 1. The number of hydrogen-bond donors (Lipinski definition) is 3. The molecule has 7 heteroatoms. The molecule has 1 aliphatic carbocycles. The lowest BCUT2D eigenvalue weighted by atomic mass is 10.1. The van der Waals surface area contributed by atoms with Gasteiger partial charge >= 0.3 is 0 Å². The van der Waals surface area contributed by atoms with Gasteiger partial charge in [-0.2, -0.15) is 0 Å². The van der Waals surface area contributed by atoms with Crippen LogP contribution in [0.5, 0.6) is 0 Å². The average Bonchev–Trinajstić information content (AvgIpc) is 3.52. The fourth-order valence-corrected chi connectivity index (χ4v) is 3.23. The number of benzene rings is 1. The van der Waals surface area contributed by atoms with Gasteiger partial charge in [-0.05, 0) is 30.4 Å². The maximum Gasteiger partial charge on any atom is 0.253 e. The van der Waals surface area contributed by atoms with Crippen molar-refractivity contribution < 1.29 is 14.7 Å². The topological polar surface area (TPSA) is 94.6 Å². The smallest absolute Gasteiger partial charge is 0.253 e. The van der Waals surface area contributed by atoms with Crippen LogP contribution >= 0.6 is 0 Å². The van der Waals surface area contributed by atoms with Crippen LogP contribution in [0.1, 0.15) is 34.8 Å². The zero-order chi connectivity index (χ0) is 18.8. The van der Waals surface area contributed by atoms with Gasteiger partial charge in [-0.25, -0.2) is 4.98 Å². The van der Waals surface area contributed by atoms with Gasteiger partial charge in [-0.1, -0.05) is 30.3 Å². The molecule has 27 heavy (non-hydrogen) atoms. The van der Waals surface area contributed by atoms with Gasteiger partial charge in [0.25, 0.3) is 5.91 Å². The SMILES string of the molecule is O=C(N[C@@H](CO)c1ccccc1)c1cnc2c(c1)N(CC1CC1)C(=O)CN2. The molecule has 1 aromatic carbocycles. The second-order valence-corrected chi connectivity index (χ2v) is 7.01. The number of aromatic nitrogens is 1. The van der Waals surface area contributed by atoms with Crippen LogP contribution in [0.4, 0.5) is 11.5 Å². The first-order valence-electron chi connectivity index (χ1n) is 9.16. The maximum absolute atomic E-state index is 12.7. The summed E-state index contributed by atoms with van der Waals surface area (Å²) in [5.41, 5.74) is 1.83. The summed E-state index contributed by atoms with van der Waals surface area (Å²) in [5, 5.41) is 15.5. The Bertz CT molecular complexity index is 852. The summed E-state index contributed by atoms with van der Waals surface area (Å²) in [6, 6.07) is 10.5. The van der Waals surface area contributed by atoms with E-state index >= 15 is 0 Å². The van der Waals surface area contributed by atoms with Crippen LogP contribution in [0.15, 0.2) is 42.6 Å². The summed E-state index contributed by atoms with van der Waals surface area (Å²) in [6.45, 7) is 0.685. The number of carbonyl (C=O) groups excluding carboxylic acids is 2. The van der Waals surface area contributed by atoms with Crippen LogP contribution in [0.2, 0.25) is 0 Å². The van der Waals surface area contributed by atoms with E-state index in [0.29, 0.717) is 29.5 Å². The quantitative estimate of drug-likeness (QED) is 0.724. The number of rotatable bonds is 6. The zero-order valence-electron chi connectivity index (χ0n) is 14.9. The Hall–Kier alpha value is -2.93. The monoisotopic (exact) mass is 366 g/mol. The lowest BCUT2D eigenvalue weighted by Gasteiger charge is -2.29. The average molecular weight is 366 g/mol. The Labute approximate surface area is 157 Å². The largest absolute Gasteiger partial charge is 0.394 e. The van der Waals surface area contributed by atoms with Crippen molar-refractivity contribution in [2.45, 2.75) is 18.9 Å². The molecule has 0 radical (unpaired) electrons. The van der Waals surface area contributed by atoms with Gasteiger partial charge in [0.15, 0.2) is 0 Å². The van der Waals surface area contributed by atoms with Crippen molar-refractivity contribution in [2.75, 3.05) is 29.9 Å². The molecule has 0 bridgehead atoms. The Morgan fingerprint density at radius 3 is 2.81 bits per heavy atom. The number of aliphatic hydroxyl groups is 1. The van der Waals surface area contributed by atoms with E-state index < -0.39 is 6.04 Å². The van der Waals surface area contributed by atoms with Crippen LogP contribution in [-0.4, -0.2) is 41.6 Å². The number of aliphatic hydroxyl groups excluding tert-OH is 1. The molecule has 1 atom stereocenters. The van der Waals surface area contributed by atoms with Crippen LogP contribution in [0.3, 0.4) is 0 Å². The molecule has 3 N–H and O–H groups in total. The summed E-state index contributed by atoms with van der Waals surface area (Å²) in [5.74, 6) is 0.812. The minimum Gasteiger partial charge on any atom is -0.394 e. The standard InChI is InChI=1S/C20H22N4O3/c25-12-16(14-4-2-1-3-5-14)23-20(27)15-8-17-19(21-9-15)22-10-18(26)24(17)11-13-6-7-13/h1-5,8-9,13,16,25H,6-7,10-12H2,(H,21,22)(H,23,27)/t16-/m0/s1. The van der Waals surface area contributed by atoms with E-state index in [0.717, 1.165) is 18.4 Å². The lowest BCUT2D eigenvalue weighted by molar-refractivity contribution is -0.117. The van der Waals surface area contributed by atoms with E-state index in [9.17, 15) is 14.7 Å². The zero-order valence-corrected chi connectivity index (χ0v) is 14.9. The third-order valence-corrected chi connectivity index (χ3v) is 4.96. The molecule has 4 rings (SSSR count). The summed E-state index contributed by atoms with van der Waals surface area (Å²) in [7, 11) is 0. The third-order valence-electron chi connectivity index (χ3n) is 4.96. The number of carbonyl (C=O) groups is 2. The van der Waals surface area contributed by atoms with Gasteiger partial charge in [-0.3, -0.25) is 9.59 Å². The fourth-order valence-electron chi connectivity index (χ4n) is 3.23. The molecule has 7 nitrogen and oxygen atoms in total. The van der Waals surface area contributed by atoms with Gasteiger partial charge in [0.1, 0.15) is 5.82 Å². The minimum atomic E-state index is -0.503. The normalized spacial score (nSPS) is 17.1. The summed E-state index contributed by atoms with van der Waals surface area (Å²) < 4.78 is 0. The summed E-state index contributed by atoms with van der Waals surface area (Å²) in [6.07, 6.45) is 3.76. The van der Waals surface area contributed by atoms with Crippen molar-refractivity contribution in [1.29, 1.82) is 0 Å². The fraction of sp³-hybridized carbons (Fsp3) is 0.350. The van der Waals surface area contributed by atoms with E-state index in [1.165, 1.54) is 6.20 Å². The lowest BCUT2D eigenvalue weighted by Crippen LogP contribution is -2.41. The molecule has 1 fully saturated rings. The predicted molar refractivity (Wildman–Crippen MR) is 102 cm³/mol. The van der Waals surface area contributed by atoms with Gasteiger partial charge in [-0.15, -0.1) is 0 Å². The summed E-state index contributed by atoms with van der Waals surface area (Å²) in [4.78, 5) is 31.1. The highest BCUT2D eigenvalue weighted by atomic mass is 16.3. The van der Waals surface area contributed by atoms with E-state index in [1.807, 2.05) is 30.3 Å². The number of nitrogens with one attached hydrogen (secondary N) is 2. The number of anilines is 2. The van der Waals surface area contributed by atoms with Crippen molar-refractivity contribution in [3.63, 3.8) is 0 Å². The molecule has 140 valence electrons. The van der Waals surface area contributed by atoms with Crippen molar-refractivity contribution in [3.05, 3.63) is 53.7 Å². The van der Waals surface area contributed by atoms with Gasteiger partial charge < -0.3 is 20.6 Å². The molecular formula is C20H22N4O3. The molecule has 0 saturated heterocycles. The molecule has 2 heterocycles. The van der Waals surface area contributed by atoms with Crippen molar-refractivity contribution in [1.82, 2.24) is 10.3 Å². The van der Waals surface area contributed by atoms with Crippen LogP contribution in [0, 0.1) is 5.92 Å². The first kappa shape index (κ1) is 17.5. The van der Waals surface area contributed by atoms with E-state index in [2.05, 4.69) is 15.6 Å². The molecule has 2 amide bonds. The molecule has 1 saturated carbocycles.